The van der Waals surface area contributed by atoms with Crippen LogP contribution in [0.4, 0.5) is 0 Å². The first-order valence-corrected chi connectivity index (χ1v) is 13.2. The molecule has 0 radical (unpaired) electrons. The third-order valence-electron chi connectivity index (χ3n) is 6.54. The number of benzene rings is 4. The molecule has 0 fully saturated rings. The number of carboxylic acids is 1. The first-order chi connectivity index (χ1) is 19.0. The van der Waals surface area contributed by atoms with Crippen molar-refractivity contribution in [2.75, 3.05) is 0 Å². The van der Waals surface area contributed by atoms with Crippen LogP contribution in [0.2, 0.25) is 0 Å². The van der Waals surface area contributed by atoms with Crippen molar-refractivity contribution in [2.24, 2.45) is 0 Å². The van der Waals surface area contributed by atoms with Gasteiger partial charge in [0, 0.05) is 6.04 Å². The Morgan fingerprint density at radius 2 is 1.26 bits per heavy atom. The van der Waals surface area contributed by atoms with Gasteiger partial charge in [-0.25, -0.2) is 0 Å². The Morgan fingerprint density at radius 3 is 1.79 bits per heavy atom. The third kappa shape index (κ3) is 8.43. The smallest absolute Gasteiger partial charge is 0.323 e. The van der Waals surface area contributed by atoms with Crippen LogP contribution >= 0.6 is 0 Å². The largest absolute Gasteiger partial charge is 0.485 e. The number of hydrogen-bond acceptors (Lipinski definition) is 5. The predicted molar refractivity (Wildman–Crippen MR) is 152 cm³/mol. The van der Waals surface area contributed by atoms with Gasteiger partial charge in [-0.3, -0.25) is 10.1 Å². The topological polar surface area (TPSA) is 88.0 Å². The molecule has 0 aliphatic carbocycles. The summed E-state index contributed by atoms with van der Waals surface area (Å²) in [5.74, 6) is -0.167. The van der Waals surface area contributed by atoms with Crippen LogP contribution in [0.25, 0.3) is 0 Å². The third-order valence-corrected chi connectivity index (χ3v) is 6.54. The van der Waals surface area contributed by atoms with Gasteiger partial charge in [0.05, 0.1) is 0 Å². The standard InChI is InChI=1S/C33H35NO5/c1-24(17-18-25-11-5-2-6-12-25)34-31(33(36)37)32(35)28-19-20-29(38-22-26-13-7-3-8-14-26)30(21-28)39-23-27-15-9-4-10-16-27/h2-16,19-21,24,31-32,34-35H,17-18,22-23H2,1H3,(H,36,37)/t24?,31-,32?/m0/s1. The van der Waals surface area contributed by atoms with Crippen LogP contribution in [0.3, 0.4) is 0 Å². The quantitative estimate of drug-likeness (QED) is 0.189. The first-order valence-electron chi connectivity index (χ1n) is 13.2. The van der Waals surface area contributed by atoms with E-state index in [1.807, 2.05) is 85.8 Å². The zero-order chi connectivity index (χ0) is 27.5. The van der Waals surface area contributed by atoms with Crippen molar-refractivity contribution in [2.45, 2.75) is 51.2 Å². The summed E-state index contributed by atoms with van der Waals surface area (Å²) in [6.07, 6.45) is 0.254. The summed E-state index contributed by atoms with van der Waals surface area (Å²) >= 11 is 0. The van der Waals surface area contributed by atoms with Crippen LogP contribution in [-0.2, 0) is 24.4 Å². The number of aliphatic hydroxyl groups is 1. The number of rotatable bonds is 14. The molecule has 39 heavy (non-hydrogen) atoms. The van der Waals surface area contributed by atoms with E-state index < -0.39 is 18.1 Å². The number of carboxylic acid groups (broad SMARTS) is 1. The number of aryl methyl sites for hydroxylation is 1. The second kappa shape index (κ2) is 14.1. The van der Waals surface area contributed by atoms with Crippen LogP contribution in [0.15, 0.2) is 109 Å². The van der Waals surface area contributed by atoms with Crippen molar-refractivity contribution in [3.63, 3.8) is 0 Å². The molecule has 3 N–H and O–H groups in total. The molecule has 0 saturated carbocycles. The SMILES string of the molecule is CC(CCc1ccccc1)N[C@H](C(=O)O)C(O)c1ccc(OCc2ccccc2)c(OCc2ccccc2)c1. The van der Waals surface area contributed by atoms with Gasteiger partial charge in [-0.15, -0.1) is 0 Å². The van der Waals surface area contributed by atoms with Crippen molar-refractivity contribution >= 4 is 5.97 Å². The van der Waals surface area contributed by atoms with Crippen molar-refractivity contribution in [3.05, 3.63) is 131 Å². The Bertz CT molecular complexity index is 1300. The Labute approximate surface area is 229 Å². The molecule has 6 heteroatoms. The van der Waals surface area contributed by atoms with E-state index >= 15 is 0 Å². The molecule has 0 bridgehead atoms. The molecule has 2 unspecified atom stereocenters. The second-order valence-electron chi connectivity index (χ2n) is 9.61. The molecule has 4 rings (SSSR count). The van der Waals surface area contributed by atoms with Gasteiger partial charge < -0.3 is 19.7 Å². The highest BCUT2D eigenvalue weighted by Crippen LogP contribution is 2.33. The van der Waals surface area contributed by atoms with Gasteiger partial charge >= 0.3 is 5.97 Å². The zero-order valence-corrected chi connectivity index (χ0v) is 22.1. The maximum Gasteiger partial charge on any atom is 0.323 e. The molecule has 4 aromatic carbocycles. The molecule has 0 heterocycles. The molecule has 202 valence electrons. The van der Waals surface area contributed by atoms with E-state index in [4.69, 9.17) is 9.47 Å². The molecule has 6 nitrogen and oxygen atoms in total. The van der Waals surface area contributed by atoms with Gasteiger partial charge in [-0.1, -0.05) is 97.1 Å². The highest BCUT2D eigenvalue weighted by molar-refractivity contribution is 5.74. The number of aliphatic hydroxyl groups excluding tert-OH is 1. The van der Waals surface area contributed by atoms with Crippen LogP contribution in [0, 0.1) is 0 Å². The van der Waals surface area contributed by atoms with Crippen LogP contribution in [0.5, 0.6) is 11.5 Å². The van der Waals surface area contributed by atoms with E-state index in [1.54, 1.807) is 18.2 Å². The maximum atomic E-state index is 12.2. The minimum Gasteiger partial charge on any atom is -0.485 e. The summed E-state index contributed by atoms with van der Waals surface area (Å²) < 4.78 is 12.2. The molecule has 0 saturated heterocycles. The van der Waals surface area contributed by atoms with Gasteiger partial charge in [0.1, 0.15) is 25.4 Å². The number of ether oxygens (including phenoxy) is 2. The lowest BCUT2D eigenvalue weighted by atomic mass is 9.99. The minimum absolute atomic E-state index is 0.122. The summed E-state index contributed by atoms with van der Waals surface area (Å²) in [5, 5.41) is 24.2. The average Bonchev–Trinajstić information content (AvgIpc) is 2.98. The number of aliphatic carboxylic acids is 1. The first kappa shape index (κ1) is 27.9. The summed E-state index contributed by atoms with van der Waals surface area (Å²) in [6, 6.07) is 33.4. The maximum absolute atomic E-state index is 12.2. The fraction of sp³-hybridized carbons (Fsp3) is 0.242. The summed E-state index contributed by atoms with van der Waals surface area (Å²) in [4.78, 5) is 12.2. The van der Waals surface area contributed by atoms with Gasteiger partial charge in [-0.2, -0.15) is 0 Å². The van der Waals surface area contributed by atoms with E-state index in [0.717, 1.165) is 24.0 Å². The highest BCUT2D eigenvalue weighted by atomic mass is 16.5. The van der Waals surface area contributed by atoms with Crippen molar-refractivity contribution in [1.29, 1.82) is 0 Å². The Kier molecular flexibility index (Phi) is 10.1. The van der Waals surface area contributed by atoms with E-state index in [1.165, 1.54) is 5.56 Å². The number of nitrogens with one attached hydrogen (secondary N) is 1. The molecule has 0 aliphatic rings. The van der Waals surface area contributed by atoms with Gasteiger partial charge in [0.15, 0.2) is 11.5 Å². The lowest BCUT2D eigenvalue weighted by Gasteiger charge is -2.25. The van der Waals surface area contributed by atoms with Gasteiger partial charge in [0.25, 0.3) is 0 Å². The molecule has 4 aromatic rings. The van der Waals surface area contributed by atoms with E-state index in [9.17, 15) is 15.0 Å². The molecule has 0 amide bonds. The normalized spacial score (nSPS) is 13.3. The number of hydrogen-bond donors (Lipinski definition) is 3. The van der Waals surface area contributed by atoms with Crippen molar-refractivity contribution < 1.29 is 24.5 Å². The lowest BCUT2D eigenvalue weighted by molar-refractivity contribution is -0.143. The summed E-state index contributed by atoms with van der Waals surface area (Å²) in [5.41, 5.74) is 3.61. The fourth-order valence-corrected chi connectivity index (χ4v) is 4.32. The molecule has 0 spiro atoms. The lowest BCUT2D eigenvalue weighted by Crippen LogP contribution is -2.46. The van der Waals surface area contributed by atoms with Crippen LogP contribution in [-0.4, -0.2) is 28.3 Å². The van der Waals surface area contributed by atoms with E-state index in [-0.39, 0.29) is 6.04 Å². The van der Waals surface area contributed by atoms with E-state index in [0.29, 0.717) is 30.3 Å². The summed E-state index contributed by atoms with van der Waals surface area (Å²) in [7, 11) is 0. The monoisotopic (exact) mass is 525 g/mol. The van der Waals surface area contributed by atoms with Gasteiger partial charge in [0.2, 0.25) is 0 Å². The van der Waals surface area contributed by atoms with Crippen molar-refractivity contribution in [3.8, 4) is 11.5 Å². The Hall–Kier alpha value is -4.13. The van der Waals surface area contributed by atoms with E-state index in [2.05, 4.69) is 17.4 Å². The fourth-order valence-electron chi connectivity index (χ4n) is 4.32. The average molecular weight is 526 g/mol. The molecular formula is C33H35NO5. The number of carbonyl (C=O) groups is 1. The zero-order valence-electron chi connectivity index (χ0n) is 22.1. The minimum atomic E-state index is -1.29. The Morgan fingerprint density at radius 1 is 0.744 bits per heavy atom. The van der Waals surface area contributed by atoms with Crippen molar-refractivity contribution in [1.82, 2.24) is 5.32 Å². The summed E-state index contributed by atoms with van der Waals surface area (Å²) in [6.45, 7) is 2.59. The highest BCUT2D eigenvalue weighted by Gasteiger charge is 2.29. The van der Waals surface area contributed by atoms with Crippen LogP contribution in [0.1, 0.15) is 41.7 Å². The molecule has 0 aromatic heterocycles. The van der Waals surface area contributed by atoms with Crippen LogP contribution < -0.4 is 14.8 Å². The predicted octanol–water partition coefficient (Wildman–Crippen LogP) is 5.94. The molecule has 3 atom stereocenters. The molecular weight excluding hydrogens is 490 g/mol. The van der Waals surface area contributed by atoms with Gasteiger partial charge in [-0.05, 0) is 54.2 Å². The Balaban J connectivity index is 1.49. The second-order valence-corrected chi connectivity index (χ2v) is 9.61. The molecule has 0 aliphatic heterocycles.